The van der Waals surface area contributed by atoms with Crippen LogP contribution in [0.3, 0.4) is 0 Å². The normalized spacial score (nSPS) is 15.8. The number of para-hydroxylation sites is 1. The molecule has 100 valence electrons. The van der Waals surface area contributed by atoms with Gasteiger partial charge in [-0.05, 0) is 44.0 Å². The lowest BCUT2D eigenvalue weighted by molar-refractivity contribution is 0.0994. The number of halogens is 1. The van der Waals surface area contributed by atoms with Gasteiger partial charge in [0.05, 0.1) is 12.2 Å². The van der Waals surface area contributed by atoms with Gasteiger partial charge in [-0.1, -0.05) is 12.1 Å². The molecule has 1 aromatic carbocycles. The summed E-state index contributed by atoms with van der Waals surface area (Å²) in [5.74, 6) is 0.724. The van der Waals surface area contributed by atoms with Crippen LogP contribution >= 0.6 is 12.4 Å². The van der Waals surface area contributed by atoms with E-state index in [0.29, 0.717) is 23.8 Å². The monoisotopic (exact) mass is 270 g/mol. The van der Waals surface area contributed by atoms with E-state index in [1.54, 1.807) is 18.2 Å². The molecule has 5 heteroatoms. The van der Waals surface area contributed by atoms with E-state index >= 15 is 0 Å². The molecule has 1 amide bonds. The molecule has 1 aliphatic rings. The Morgan fingerprint density at radius 3 is 2.67 bits per heavy atom. The van der Waals surface area contributed by atoms with Crippen molar-refractivity contribution in [2.45, 2.75) is 12.8 Å². The van der Waals surface area contributed by atoms with Crippen LogP contribution in [0, 0.1) is 5.92 Å². The van der Waals surface area contributed by atoms with Crippen molar-refractivity contribution in [3.63, 3.8) is 0 Å². The molecule has 0 radical (unpaired) electrons. The number of amides is 1. The van der Waals surface area contributed by atoms with E-state index in [9.17, 15) is 4.79 Å². The number of hydrogen-bond donors (Lipinski definition) is 2. The minimum Gasteiger partial charge on any atom is -0.492 e. The van der Waals surface area contributed by atoms with Gasteiger partial charge < -0.3 is 15.8 Å². The van der Waals surface area contributed by atoms with Crippen molar-refractivity contribution >= 4 is 18.3 Å². The molecule has 0 saturated carbocycles. The maximum absolute atomic E-state index is 11.2. The van der Waals surface area contributed by atoms with Crippen LogP contribution in [0.2, 0.25) is 0 Å². The molecule has 1 aliphatic heterocycles. The van der Waals surface area contributed by atoms with E-state index in [1.165, 1.54) is 0 Å². The summed E-state index contributed by atoms with van der Waals surface area (Å²) in [5.41, 5.74) is 5.75. The number of primary amides is 1. The average molecular weight is 271 g/mol. The molecule has 0 spiro atoms. The van der Waals surface area contributed by atoms with Crippen molar-refractivity contribution in [3.8, 4) is 5.75 Å². The third kappa shape index (κ3) is 3.89. The maximum Gasteiger partial charge on any atom is 0.252 e. The molecule has 1 saturated heterocycles. The van der Waals surface area contributed by atoms with Crippen molar-refractivity contribution in [2.75, 3.05) is 19.7 Å². The summed E-state index contributed by atoms with van der Waals surface area (Å²) in [7, 11) is 0. The topological polar surface area (TPSA) is 64.4 Å². The number of rotatable bonds is 4. The first-order valence-electron chi connectivity index (χ1n) is 5.99. The van der Waals surface area contributed by atoms with Gasteiger partial charge in [0, 0.05) is 0 Å². The van der Waals surface area contributed by atoms with Gasteiger partial charge in [-0.3, -0.25) is 4.79 Å². The molecule has 18 heavy (non-hydrogen) atoms. The van der Waals surface area contributed by atoms with Gasteiger partial charge in [0.2, 0.25) is 0 Å². The lowest BCUT2D eigenvalue weighted by Gasteiger charge is -2.23. The van der Waals surface area contributed by atoms with Crippen molar-refractivity contribution in [3.05, 3.63) is 29.8 Å². The van der Waals surface area contributed by atoms with Crippen LogP contribution in [0.4, 0.5) is 0 Å². The molecule has 0 aromatic heterocycles. The molecular weight excluding hydrogens is 252 g/mol. The Balaban J connectivity index is 0.00000162. The Hall–Kier alpha value is -1.26. The highest BCUT2D eigenvalue weighted by Gasteiger charge is 2.15. The second kappa shape index (κ2) is 7.24. The minimum atomic E-state index is -0.439. The van der Waals surface area contributed by atoms with Crippen molar-refractivity contribution in [1.29, 1.82) is 0 Å². The first-order valence-corrected chi connectivity index (χ1v) is 5.99. The van der Waals surface area contributed by atoms with Gasteiger partial charge in [-0.2, -0.15) is 0 Å². The van der Waals surface area contributed by atoms with Crippen LogP contribution in [-0.2, 0) is 0 Å². The van der Waals surface area contributed by atoms with Gasteiger partial charge in [0.25, 0.3) is 5.91 Å². The molecule has 2 rings (SSSR count). The van der Waals surface area contributed by atoms with Crippen LogP contribution in [0.5, 0.6) is 5.75 Å². The number of piperidine rings is 1. The summed E-state index contributed by atoms with van der Waals surface area (Å²) in [6.07, 6.45) is 2.25. The quantitative estimate of drug-likeness (QED) is 0.873. The average Bonchev–Trinajstić information content (AvgIpc) is 2.38. The standard InChI is InChI=1S/C13H18N2O2.ClH/c14-13(16)11-3-1-2-4-12(11)17-9-10-5-7-15-8-6-10;/h1-4,10,15H,5-9H2,(H2,14,16);1H. The highest BCUT2D eigenvalue weighted by Crippen LogP contribution is 2.20. The maximum atomic E-state index is 11.2. The fraction of sp³-hybridized carbons (Fsp3) is 0.462. The van der Waals surface area contributed by atoms with E-state index in [2.05, 4.69) is 5.32 Å². The lowest BCUT2D eigenvalue weighted by atomic mass is 9.99. The van der Waals surface area contributed by atoms with Gasteiger partial charge in [-0.25, -0.2) is 0 Å². The Morgan fingerprint density at radius 1 is 1.33 bits per heavy atom. The predicted octanol–water partition coefficient (Wildman–Crippen LogP) is 1.59. The molecule has 0 aliphatic carbocycles. The second-order valence-electron chi connectivity index (χ2n) is 4.36. The van der Waals surface area contributed by atoms with Crippen LogP contribution in [0.25, 0.3) is 0 Å². The summed E-state index contributed by atoms with van der Waals surface area (Å²) in [5, 5.41) is 3.31. The zero-order valence-electron chi connectivity index (χ0n) is 10.2. The first-order chi connectivity index (χ1) is 8.27. The van der Waals surface area contributed by atoms with Crippen LogP contribution in [0.15, 0.2) is 24.3 Å². The van der Waals surface area contributed by atoms with E-state index in [-0.39, 0.29) is 12.4 Å². The number of benzene rings is 1. The summed E-state index contributed by atoms with van der Waals surface area (Å²) >= 11 is 0. The van der Waals surface area contributed by atoms with Crippen LogP contribution in [-0.4, -0.2) is 25.6 Å². The number of carbonyl (C=O) groups is 1. The highest BCUT2D eigenvalue weighted by molar-refractivity contribution is 5.95. The van der Waals surface area contributed by atoms with Gasteiger partial charge in [0.15, 0.2) is 0 Å². The van der Waals surface area contributed by atoms with Crippen LogP contribution < -0.4 is 15.8 Å². The zero-order chi connectivity index (χ0) is 12.1. The summed E-state index contributed by atoms with van der Waals surface area (Å²) in [6, 6.07) is 7.13. The third-order valence-electron chi connectivity index (χ3n) is 3.09. The smallest absolute Gasteiger partial charge is 0.252 e. The number of ether oxygens (including phenoxy) is 1. The Labute approximate surface area is 113 Å². The minimum absolute atomic E-state index is 0. The zero-order valence-corrected chi connectivity index (χ0v) is 11.0. The first kappa shape index (κ1) is 14.8. The van der Waals surface area contributed by atoms with Crippen LogP contribution in [0.1, 0.15) is 23.2 Å². The molecular formula is C13H19ClN2O2. The lowest BCUT2D eigenvalue weighted by Crippen LogP contribution is -2.30. The molecule has 3 N–H and O–H groups in total. The summed E-state index contributed by atoms with van der Waals surface area (Å²) in [4.78, 5) is 11.2. The van der Waals surface area contributed by atoms with Gasteiger partial charge in [-0.15, -0.1) is 12.4 Å². The van der Waals surface area contributed by atoms with Gasteiger partial charge in [0.1, 0.15) is 5.75 Å². The largest absolute Gasteiger partial charge is 0.492 e. The number of hydrogen-bond acceptors (Lipinski definition) is 3. The second-order valence-corrected chi connectivity index (χ2v) is 4.36. The highest BCUT2D eigenvalue weighted by atomic mass is 35.5. The van der Waals surface area contributed by atoms with E-state index in [1.807, 2.05) is 6.07 Å². The number of nitrogens with one attached hydrogen (secondary N) is 1. The Kier molecular flexibility index (Phi) is 5.95. The van der Waals surface area contributed by atoms with E-state index in [0.717, 1.165) is 25.9 Å². The predicted molar refractivity (Wildman–Crippen MR) is 73.3 cm³/mol. The fourth-order valence-electron chi connectivity index (χ4n) is 2.05. The van der Waals surface area contributed by atoms with E-state index < -0.39 is 5.91 Å². The summed E-state index contributed by atoms with van der Waals surface area (Å²) < 4.78 is 5.71. The Morgan fingerprint density at radius 2 is 2.00 bits per heavy atom. The number of nitrogens with two attached hydrogens (primary N) is 1. The number of carbonyl (C=O) groups excluding carboxylic acids is 1. The molecule has 0 bridgehead atoms. The molecule has 1 heterocycles. The molecule has 1 fully saturated rings. The van der Waals surface area contributed by atoms with Crippen molar-refractivity contribution in [2.24, 2.45) is 11.7 Å². The molecule has 1 aromatic rings. The Bertz CT molecular complexity index is 392. The molecule has 0 unspecified atom stereocenters. The fourth-order valence-corrected chi connectivity index (χ4v) is 2.05. The summed E-state index contributed by atoms with van der Waals surface area (Å²) in [6.45, 7) is 2.75. The SMILES string of the molecule is Cl.NC(=O)c1ccccc1OCC1CCNCC1. The molecule has 0 atom stereocenters. The van der Waals surface area contributed by atoms with Crippen molar-refractivity contribution in [1.82, 2.24) is 5.32 Å². The molecule has 4 nitrogen and oxygen atoms in total. The van der Waals surface area contributed by atoms with Crippen molar-refractivity contribution < 1.29 is 9.53 Å². The van der Waals surface area contributed by atoms with Gasteiger partial charge >= 0.3 is 0 Å². The van der Waals surface area contributed by atoms with E-state index in [4.69, 9.17) is 10.5 Å². The third-order valence-corrected chi connectivity index (χ3v) is 3.09.